The molecular formula is C16H22BrN. The van der Waals surface area contributed by atoms with Crippen LogP contribution in [0.1, 0.15) is 49.8 Å². The molecule has 1 atom stereocenters. The topological polar surface area (TPSA) is 12.0 Å². The fourth-order valence-corrected chi connectivity index (χ4v) is 2.46. The SMILES string of the molecule is C#CCCCC(NCCC)c1cc(Br)ccc1C. The first kappa shape index (κ1) is 15.3. The van der Waals surface area contributed by atoms with Gasteiger partial charge in [0.1, 0.15) is 0 Å². The normalized spacial score (nSPS) is 12.1. The standard InChI is InChI=1S/C16H22BrN/c1-4-6-7-8-16(18-11-5-2)15-12-14(17)10-9-13(15)3/h1,9-10,12,16,18H,5-8,11H2,2-3H3. The van der Waals surface area contributed by atoms with Gasteiger partial charge in [-0.25, -0.2) is 0 Å². The Balaban J connectivity index is 2.79. The number of terminal acetylenes is 1. The van der Waals surface area contributed by atoms with Crippen molar-refractivity contribution in [2.45, 2.75) is 45.6 Å². The maximum atomic E-state index is 5.33. The summed E-state index contributed by atoms with van der Waals surface area (Å²) >= 11 is 3.55. The Morgan fingerprint density at radius 1 is 1.44 bits per heavy atom. The van der Waals surface area contributed by atoms with Crippen molar-refractivity contribution < 1.29 is 0 Å². The van der Waals surface area contributed by atoms with Crippen molar-refractivity contribution in [1.82, 2.24) is 5.32 Å². The molecule has 0 aromatic heterocycles. The van der Waals surface area contributed by atoms with Crippen LogP contribution in [0.2, 0.25) is 0 Å². The molecule has 0 amide bonds. The minimum absolute atomic E-state index is 0.413. The van der Waals surface area contributed by atoms with Crippen LogP contribution in [0.5, 0.6) is 0 Å². The molecule has 1 rings (SSSR count). The van der Waals surface area contributed by atoms with Crippen LogP contribution in [0.4, 0.5) is 0 Å². The van der Waals surface area contributed by atoms with Crippen LogP contribution in [0.3, 0.4) is 0 Å². The molecule has 1 N–H and O–H groups in total. The number of rotatable bonds is 7. The molecule has 0 saturated carbocycles. The lowest BCUT2D eigenvalue weighted by Gasteiger charge is -2.21. The third-order valence-electron chi connectivity index (χ3n) is 3.07. The van der Waals surface area contributed by atoms with Gasteiger partial charge in [-0.3, -0.25) is 0 Å². The van der Waals surface area contributed by atoms with Crippen LogP contribution >= 0.6 is 15.9 Å². The molecule has 18 heavy (non-hydrogen) atoms. The van der Waals surface area contributed by atoms with Gasteiger partial charge in [-0.15, -0.1) is 12.3 Å². The van der Waals surface area contributed by atoms with Crippen LogP contribution in [0.15, 0.2) is 22.7 Å². The Hall–Kier alpha value is -0.780. The summed E-state index contributed by atoms with van der Waals surface area (Å²) < 4.78 is 1.14. The van der Waals surface area contributed by atoms with E-state index in [0.717, 1.165) is 36.7 Å². The summed E-state index contributed by atoms with van der Waals surface area (Å²) in [6.45, 7) is 5.41. The molecule has 1 unspecified atom stereocenters. The van der Waals surface area contributed by atoms with E-state index in [0.29, 0.717) is 6.04 Å². The fourth-order valence-electron chi connectivity index (χ4n) is 2.08. The van der Waals surface area contributed by atoms with Gasteiger partial charge < -0.3 is 5.32 Å². The van der Waals surface area contributed by atoms with Crippen LogP contribution in [0, 0.1) is 19.3 Å². The van der Waals surface area contributed by atoms with Gasteiger partial charge >= 0.3 is 0 Å². The summed E-state index contributed by atoms with van der Waals surface area (Å²) in [6.07, 6.45) is 9.51. The van der Waals surface area contributed by atoms with E-state index < -0.39 is 0 Å². The van der Waals surface area contributed by atoms with E-state index in [2.05, 4.69) is 59.2 Å². The molecule has 0 heterocycles. The molecule has 0 aliphatic carbocycles. The predicted octanol–water partition coefficient (Wildman–Crippen LogP) is 4.60. The Bertz CT molecular complexity index is 406. The van der Waals surface area contributed by atoms with Crippen molar-refractivity contribution in [3.63, 3.8) is 0 Å². The number of benzene rings is 1. The average molecular weight is 308 g/mol. The van der Waals surface area contributed by atoms with Crippen molar-refractivity contribution in [1.29, 1.82) is 0 Å². The van der Waals surface area contributed by atoms with Crippen LogP contribution in [0.25, 0.3) is 0 Å². The number of aryl methyl sites for hydroxylation is 1. The highest BCUT2D eigenvalue weighted by atomic mass is 79.9. The largest absolute Gasteiger partial charge is 0.310 e. The molecule has 1 aromatic rings. The predicted molar refractivity (Wildman–Crippen MR) is 82.6 cm³/mol. The number of hydrogen-bond acceptors (Lipinski definition) is 1. The molecule has 0 fully saturated rings. The summed E-state index contributed by atoms with van der Waals surface area (Å²) in [6, 6.07) is 6.90. The summed E-state index contributed by atoms with van der Waals surface area (Å²) in [5.41, 5.74) is 2.72. The highest BCUT2D eigenvalue weighted by Crippen LogP contribution is 2.26. The zero-order valence-electron chi connectivity index (χ0n) is 11.3. The Labute approximate surface area is 119 Å². The van der Waals surface area contributed by atoms with Gasteiger partial charge in [0, 0.05) is 16.9 Å². The molecule has 1 nitrogen and oxygen atoms in total. The van der Waals surface area contributed by atoms with E-state index >= 15 is 0 Å². The van der Waals surface area contributed by atoms with Gasteiger partial charge in [0.15, 0.2) is 0 Å². The smallest absolute Gasteiger partial charge is 0.0323 e. The minimum atomic E-state index is 0.413. The first-order chi connectivity index (χ1) is 8.69. The van der Waals surface area contributed by atoms with Gasteiger partial charge in [-0.2, -0.15) is 0 Å². The molecule has 0 saturated heterocycles. The van der Waals surface area contributed by atoms with Crippen LogP contribution < -0.4 is 5.32 Å². The van der Waals surface area contributed by atoms with Crippen molar-refractivity contribution in [2.24, 2.45) is 0 Å². The van der Waals surface area contributed by atoms with Gasteiger partial charge in [-0.05, 0) is 56.0 Å². The monoisotopic (exact) mass is 307 g/mol. The van der Waals surface area contributed by atoms with E-state index in [-0.39, 0.29) is 0 Å². The molecule has 0 spiro atoms. The van der Waals surface area contributed by atoms with Gasteiger partial charge in [-0.1, -0.05) is 28.9 Å². The third-order valence-corrected chi connectivity index (χ3v) is 3.56. The van der Waals surface area contributed by atoms with Gasteiger partial charge in [0.2, 0.25) is 0 Å². The second kappa shape index (κ2) is 8.34. The zero-order chi connectivity index (χ0) is 13.4. The molecule has 98 valence electrons. The average Bonchev–Trinajstić information content (AvgIpc) is 2.37. The highest BCUT2D eigenvalue weighted by Gasteiger charge is 2.12. The first-order valence-corrected chi connectivity index (χ1v) is 7.41. The summed E-state index contributed by atoms with van der Waals surface area (Å²) in [5, 5.41) is 3.62. The Kier molecular flexibility index (Phi) is 7.08. The molecule has 0 aliphatic rings. The lowest BCUT2D eigenvalue weighted by atomic mass is 9.97. The molecule has 0 bridgehead atoms. The third kappa shape index (κ3) is 4.84. The van der Waals surface area contributed by atoms with E-state index in [1.807, 2.05) is 0 Å². The van der Waals surface area contributed by atoms with Crippen molar-refractivity contribution in [3.8, 4) is 12.3 Å². The summed E-state index contributed by atoms with van der Waals surface area (Å²) in [4.78, 5) is 0. The van der Waals surface area contributed by atoms with Crippen LogP contribution in [-0.4, -0.2) is 6.54 Å². The molecule has 1 aromatic carbocycles. The Morgan fingerprint density at radius 3 is 2.89 bits per heavy atom. The molecular weight excluding hydrogens is 286 g/mol. The number of unbranched alkanes of at least 4 members (excludes halogenated alkanes) is 1. The van der Waals surface area contributed by atoms with Crippen LogP contribution in [-0.2, 0) is 0 Å². The van der Waals surface area contributed by atoms with E-state index in [4.69, 9.17) is 6.42 Å². The summed E-state index contributed by atoms with van der Waals surface area (Å²) in [7, 11) is 0. The number of halogens is 1. The van der Waals surface area contributed by atoms with Gasteiger partial charge in [0.25, 0.3) is 0 Å². The maximum absolute atomic E-state index is 5.33. The summed E-state index contributed by atoms with van der Waals surface area (Å²) in [5.74, 6) is 2.72. The lowest BCUT2D eigenvalue weighted by molar-refractivity contribution is 0.485. The molecule has 0 radical (unpaired) electrons. The van der Waals surface area contributed by atoms with E-state index in [1.165, 1.54) is 11.1 Å². The highest BCUT2D eigenvalue weighted by molar-refractivity contribution is 9.10. The zero-order valence-corrected chi connectivity index (χ0v) is 12.9. The number of hydrogen-bond donors (Lipinski definition) is 1. The van der Waals surface area contributed by atoms with E-state index in [9.17, 15) is 0 Å². The van der Waals surface area contributed by atoms with Gasteiger partial charge in [0.05, 0.1) is 0 Å². The van der Waals surface area contributed by atoms with Crippen molar-refractivity contribution in [2.75, 3.05) is 6.54 Å². The second-order valence-corrected chi connectivity index (χ2v) is 5.52. The Morgan fingerprint density at radius 2 is 2.22 bits per heavy atom. The van der Waals surface area contributed by atoms with Crippen molar-refractivity contribution >= 4 is 15.9 Å². The first-order valence-electron chi connectivity index (χ1n) is 6.62. The maximum Gasteiger partial charge on any atom is 0.0323 e. The minimum Gasteiger partial charge on any atom is -0.310 e. The van der Waals surface area contributed by atoms with Crippen molar-refractivity contribution in [3.05, 3.63) is 33.8 Å². The van der Waals surface area contributed by atoms with E-state index in [1.54, 1.807) is 0 Å². The second-order valence-electron chi connectivity index (χ2n) is 4.60. The fraction of sp³-hybridized carbons (Fsp3) is 0.500. The molecule has 0 aliphatic heterocycles. The lowest BCUT2D eigenvalue weighted by Crippen LogP contribution is -2.23. The molecule has 2 heteroatoms. The number of nitrogens with one attached hydrogen (secondary N) is 1. The quantitative estimate of drug-likeness (QED) is 0.573.